The number of rotatable bonds is 1. The number of hydrogen-bond donors (Lipinski definition) is 0. The van der Waals surface area contributed by atoms with Gasteiger partial charge in [-0.15, -0.1) is 0 Å². The van der Waals surface area contributed by atoms with Gasteiger partial charge in [-0.2, -0.15) is 0 Å². The summed E-state index contributed by atoms with van der Waals surface area (Å²) in [6, 6.07) is 10.0. The first-order chi connectivity index (χ1) is 7.36. The molecule has 0 saturated carbocycles. The highest BCUT2D eigenvalue weighted by Gasteiger charge is 2.36. The van der Waals surface area contributed by atoms with Crippen molar-refractivity contribution >= 4 is 5.78 Å². The lowest BCUT2D eigenvalue weighted by Gasteiger charge is -2.23. The van der Waals surface area contributed by atoms with Crippen LogP contribution in [0.5, 0.6) is 0 Å². The maximum absolute atomic E-state index is 11.9. The zero-order valence-electron chi connectivity index (χ0n) is 8.52. The van der Waals surface area contributed by atoms with Crippen LogP contribution in [0, 0.1) is 0 Å². The number of carbonyl (C=O) groups excluding carboxylic acids is 1. The van der Waals surface area contributed by atoms with E-state index < -0.39 is 0 Å². The minimum atomic E-state index is -0.0382. The Morgan fingerprint density at radius 1 is 1.20 bits per heavy atom. The summed E-state index contributed by atoms with van der Waals surface area (Å²) in [4.78, 5) is 14.1. The molecule has 1 aromatic carbocycles. The van der Waals surface area contributed by atoms with Crippen LogP contribution in [0.2, 0.25) is 0 Å². The molecule has 0 radical (unpaired) electrons. The van der Waals surface area contributed by atoms with Crippen molar-refractivity contribution in [2.75, 3.05) is 6.54 Å². The average Bonchev–Trinajstić information content (AvgIpc) is 2.78. The smallest absolute Gasteiger partial charge is 0.184 e. The molecule has 0 amide bonds. The molecule has 2 nitrogen and oxygen atoms in total. The molecule has 0 spiro atoms. The molecule has 2 heterocycles. The van der Waals surface area contributed by atoms with Gasteiger partial charge in [0.25, 0.3) is 0 Å². The van der Waals surface area contributed by atoms with Gasteiger partial charge in [-0.3, -0.25) is 4.79 Å². The number of carbonyl (C=O) groups is 1. The number of allylic oxidation sites excluding steroid dienone is 1. The largest absolute Gasteiger partial charge is 0.360 e. The first-order valence-electron chi connectivity index (χ1n) is 5.42. The summed E-state index contributed by atoms with van der Waals surface area (Å²) in [6.07, 6.45) is 4.07. The highest BCUT2D eigenvalue weighted by atomic mass is 16.1. The number of hydrogen-bond acceptors (Lipinski definition) is 2. The van der Waals surface area contributed by atoms with Crippen molar-refractivity contribution in [3.05, 3.63) is 47.7 Å². The van der Waals surface area contributed by atoms with Gasteiger partial charge in [0.15, 0.2) is 5.78 Å². The molecule has 2 aliphatic rings. The number of ketones is 1. The lowest BCUT2D eigenvalue weighted by Crippen LogP contribution is -2.23. The lowest BCUT2D eigenvalue weighted by atomic mass is 10.0. The second-order valence-electron chi connectivity index (χ2n) is 4.15. The molecule has 1 aromatic rings. The molecule has 1 fully saturated rings. The standard InChI is InChI=1S/C13H13NO/c15-12-9-11-7-4-8-14(11)13(12)10-5-2-1-3-6-10/h1-3,5-6,9,13H,4,7-8H2. The van der Waals surface area contributed by atoms with E-state index in [1.807, 2.05) is 36.4 Å². The first-order valence-corrected chi connectivity index (χ1v) is 5.42. The van der Waals surface area contributed by atoms with Crippen LogP contribution < -0.4 is 0 Å². The molecule has 1 atom stereocenters. The summed E-state index contributed by atoms with van der Waals surface area (Å²) < 4.78 is 0. The van der Waals surface area contributed by atoms with Gasteiger partial charge in [-0.1, -0.05) is 30.3 Å². The molecule has 1 unspecified atom stereocenters. The second kappa shape index (κ2) is 3.23. The van der Waals surface area contributed by atoms with Gasteiger partial charge in [0.1, 0.15) is 6.04 Å². The van der Waals surface area contributed by atoms with E-state index >= 15 is 0 Å². The van der Waals surface area contributed by atoms with Crippen molar-refractivity contribution < 1.29 is 4.79 Å². The third-order valence-corrected chi connectivity index (χ3v) is 3.21. The van der Waals surface area contributed by atoms with Gasteiger partial charge in [-0.05, 0) is 18.4 Å². The van der Waals surface area contributed by atoms with E-state index in [1.54, 1.807) is 0 Å². The molecule has 2 aliphatic heterocycles. The van der Waals surface area contributed by atoms with Gasteiger partial charge in [-0.25, -0.2) is 0 Å². The van der Waals surface area contributed by atoms with Gasteiger partial charge in [0.2, 0.25) is 0 Å². The van der Waals surface area contributed by atoms with Crippen molar-refractivity contribution in [2.24, 2.45) is 0 Å². The molecule has 0 N–H and O–H groups in total. The van der Waals surface area contributed by atoms with Gasteiger partial charge >= 0.3 is 0 Å². The fourth-order valence-corrected chi connectivity index (χ4v) is 2.54. The fourth-order valence-electron chi connectivity index (χ4n) is 2.54. The quantitative estimate of drug-likeness (QED) is 0.691. The van der Waals surface area contributed by atoms with Crippen molar-refractivity contribution in [2.45, 2.75) is 18.9 Å². The van der Waals surface area contributed by atoms with Crippen LogP contribution in [0.15, 0.2) is 42.1 Å². The summed E-state index contributed by atoms with van der Waals surface area (Å²) >= 11 is 0. The maximum atomic E-state index is 11.9. The van der Waals surface area contributed by atoms with Gasteiger partial charge in [0.05, 0.1) is 0 Å². The molecule has 76 valence electrons. The third-order valence-electron chi connectivity index (χ3n) is 3.21. The summed E-state index contributed by atoms with van der Waals surface area (Å²) in [6.45, 7) is 1.02. The summed E-state index contributed by atoms with van der Waals surface area (Å²) in [5.41, 5.74) is 2.35. The van der Waals surface area contributed by atoms with E-state index in [1.165, 1.54) is 12.1 Å². The van der Waals surface area contributed by atoms with Crippen molar-refractivity contribution in [3.8, 4) is 0 Å². The predicted octanol–water partition coefficient (Wildman–Crippen LogP) is 2.29. The summed E-state index contributed by atoms with van der Waals surface area (Å²) in [5, 5.41) is 0. The van der Waals surface area contributed by atoms with E-state index in [4.69, 9.17) is 0 Å². The zero-order chi connectivity index (χ0) is 10.3. The van der Waals surface area contributed by atoms with Crippen LogP contribution in [-0.4, -0.2) is 17.2 Å². The third kappa shape index (κ3) is 1.29. The van der Waals surface area contributed by atoms with Crippen LogP contribution in [0.25, 0.3) is 0 Å². The SMILES string of the molecule is O=C1C=C2CCCN2C1c1ccccc1. The fraction of sp³-hybridized carbons (Fsp3) is 0.308. The monoisotopic (exact) mass is 199 g/mol. The molecule has 1 saturated heterocycles. The Bertz CT molecular complexity index is 421. The molecular weight excluding hydrogens is 186 g/mol. The molecule has 0 bridgehead atoms. The minimum absolute atomic E-state index is 0.0382. The van der Waals surface area contributed by atoms with Crippen LogP contribution >= 0.6 is 0 Å². The number of benzene rings is 1. The van der Waals surface area contributed by atoms with Gasteiger partial charge < -0.3 is 4.90 Å². The molecular formula is C13H13NO. The Labute approximate surface area is 89.2 Å². The Morgan fingerprint density at radius 3 is 2.80 bits per heavy atom. The highest BCUT2D eigenvalue weighted by Crippen LogP contribution is 2.37. The Morgan fingerprint density at radius 2 is 2.00 bits per heavy atom. The van der Waals surface area contributed by atoms with Crippen LogP contribution in [0.3, 0.4) is 0 Å². The summed E-state index contributed by atoms with van der Waals surface area (Å²) in [7, 11) is 0. The molecule has 0 aliphatic carbocycles. The van der Waals surface area contributed by atoms with E-state index in [2.05, 4.69) is 4.90 Å². The molecule has 3 rings (SSSR count). The van der Waals surface area contributed by atoms with Crippen LogP contribution in [0.4, 0.5) is 0 Å². The van der Waals surface area contributed by atoms with E-state index in [9.17, 15) is 4.79 Å². The van der Waals surface area contributed by atoms with E-state index in [0.717, 1.165) is 18.5 Å². The van der Waals surface area contributed by atoms with E-state index in [-0.39, 0.29) is 11.8 Å². The van der Waals surface area contributed by atoms with Crippen molar-refractivity contribution in [3.63, 3.8) is 0 Å². The first kappa shape index (κ1) is 8.72. The van der Waals surface area contributed by atoms with Crippen molar-refractivity contribution in [1.82, 2.24) is 4.90 Å². The second-order valence-corrected chi connectivity index (χ2v) is 4.15. The Hall–Kier alpha value is -1.57. The van der Waals surface area contributed by atoms with E-state index in [0.29, 0.717) is 0 Å². The van der Waals surface area contributed by atoms with Crippen LogP contribution in [-0.2, 0) is 4.79 Å². The predicted molar refractivity (Wildman–Crippen MR) is 58.2 cm³/mol. The average molecular weight is 199 g/mol. The molecule has 0 aromatic heterocycles. The number of nitrogens with zero attached hydrogens (tertiary/aromatic N) is 1. The highest BCUT2D eigenvalue weighted by molar-refractivity contribution is 5.98. The molecule has 15 heavy (non-hydrogen) atoms. The zero-order valence-corrected chi connectivity index (χ0v) is 8.52. The lowest BCUT2D eigenvalue weighted by molar-refractivity contribution is -0.117. The normalized spacial score (nSPS) is 24.3. The summed E-state index contributed by atoms with van der Waals surface area (Å²) in [5.74, 6) is 0.246. The Balaban J connectivity index is 1.98. The maximum Gasteiger partial charge on any atom is 0.184 e. The Kier molecular flexibility index (Phi) is 1.88. The topological polar surface area (TPSA) is 20.3 Å². The van der Waals surface area contributed by atoms with Gasteiger partial charge in [0, 0.05) is 18.3 Å². The van der Waals surface area contributed by atoms with Crippen molar-refractivity contribution in [1.29, 1.82) is 0 Å². The number of fused-ring (bicyclic) bond motifs is 1. The molecule has 2 heteroatoms. The van der Waals surface area contributed by atoms with Crippen LogP contribution in [0.1, 0.15) is 24.4 Å². The minimum Gasteiger partial charge on any atom is -0.360 e.